The van der Waals surface area contributed by atoms with Crippen molar-refractivity contribution in [1.29, 1.82) is 0 Å². The molecule has 86 valence electrons. The molecule has 1 aliphatic carbocycles. The lowest BCUT2D eigenvalue weighted by atomic mass is 9.74. The zero-order chi connectivity index (χ0) is 11.0. The van der Waals surface area contributed by atoms with Crippen molar-refractivity contribution in [3.8, 4) is 11.8 Å². The van der Waals surface area contributed by atoms with E-state index in [2.05, 4.69) is 17.2 Å². The van der Waals surface area contributed by atoms with Gasteiger partial charge in [-0.2, -0.15) is 0 Å². The molecule has 0 bridgehead atoms. The number of aliphatic hydroxyl groups is 1. The van der Waals surface area contributed by atoms with E-state index in [0.717, 1.165) is 19.5 Å². The van der Waals surface area contributed by atoms with Gasteiger partial charge in [0.05, 0.1) is 0 Å². The van der Waals surface area contributed by atoms with Gasteiger partial charge in [0.15, 0.2) is 0 Å². The van der Waals surface area contributed by atoms with Crippen LogP contribution in [-0.4, -0.2) is 24.8 Å². The number of aliphatic hydroxyl groups excluding tert-OH is 1. The number of hydrogen-bond donors (Lipinski definition) is 2. The Balaban J connectivity index is 2.22. The second-order valence-corrected chi connectivity index (χ2v) is 4.57. The Morgan fingerprint density at radius 1 is 1.27 bits per heavy atom. The fourth-order valence-corrected chi connectivity index (χ4v) is 2.32. The maximum Gasteiger partial charge on any atom is 0.0499 e. The molecular formula is C13H23NO. The highest BCUT2D eigenvalue weighted by Crippen LogP contribution is 2.35. The Bertz CT molecular complexity index is 220. The zero-order valence-corrected chi connectivity index (χ0v) is 9.81. The van der Waals surface area contributed by atoms with E-state index >= 15 is 0 Å². The molecule has 0 aromatic carbocycles. The summed E-state index contributed by atoms with van der Waals surface area (Å²) in [7, 11) is 0. The van der Waals surface area contributed by atoms with Gasteiger partial charge in [-0.1, -0.05) is 19.3 Å². The molecule has 0 spiro atoms. The van der Waals surface area contributed by atoms with E-state index in [1.165, 1.54) is 32.1 Å². The van der Waals surface area contributed by atoms with E-state index < -0.39 is 0 Å². The van der Waals surface area contributed by atoms with E-state index in [9.17, 15) is 5.11 Å². The molecule has 0 amide bonds. The lowest BCUT2D eigenvalue weighted by molar-refractivity contribution is 0.0817. The van der Waals surface area contributed by atoms with Crippen LogP contribution in [0.15, 0.2) is 0 Å². The summed E-state index contributed by atoms with van der Waals surface area (Å²) in [4.78, 5) is 0. The average molecular weight is 209 g/mol. The second-order valence-electron chi connectivity index (χ2n) is 4.57. The highest BCUT2D eigenvalue weighted by molar-refractivity contribution is 4.95. The van der Waals surface area contributed by atoms with Crippen molar-refractivity contribution in [3.05, 3.63) is 0 Å². The van der Waals surface area contributed by atoms with E-state index in [1.54, 1.807) is 0 Å². The van der Waals surface area contributed by atoms with Gasteiger partial charge in [0.25, 0.3) is 0 Å². The fourth-order valence-electron chi connectivity index (χ4n) is 2.32. The van der Waals surface area contributed by atoms with Crippen molar-refractivity contribution in [2.75, 3.05) is 19.7 Å². The van der Waals surface area contributed by atoms with Crippen LogP contribution in [0.3, 0.4) is 0 Å². The molecule has 2 heteroatoms. The van der Waals surface area contributed by atoms with Gasteiger partial charge in [0.1, 0.15) is 0 Å². The summed E-state index contributed by atoms with van der Waals surface area (Å²) in [6.07, 6.45) is 7.15. The Labute approximate surface area is 93.5 Å². The molecule has 0 aromatic heterocycles. The van der Waals surface area contributed by atoms with Crippen molar-refractivity contribution < 1.29 is 5.11 Å². The maximum absolute atomic E-state index is 9.48. The van der Waals surface area contributed by atoms with Crippen LogP contribution in [0, 0.1) is 17.3 Å². The summed E-state index contributed by atoms with van der Waals surface area (Å²) in [6, 6.07) is 0. The molecule has 0 radical (unpaired) electrons. The molecule has 1 aliphatic rings. The van der Waals surface area contributed by atoms with Crippen LogP contribution in [0.5, 0.6) is 0 Å². The summed E-state index contributed by atoms with van der Waals surface area (Å²) in [6.45, 7) is 4.10. The van der Waals surface area contributed by atoms with Gasteiger partial charge in [0.2, 0.25) is 0 Å². The molecule has 0 unspecified atom stereocenters. The van der Waals surface area contributed by atoms with Crippen LogP contribution >= 0.6 is 0 Å². The van der Waals surface area contributed by atoms with Crippen LogP contribution in [0.25, 0.3) is 0 Å². The molecule has 15 heavy (non-hydrogen) atoms. The third kappa shape index (κ3) is 4.24. The minimum absolute atomic E-state index is 0.165. The molecule has 0 heterocycles. The molecule has 2 N–H and O–H groups in total. The Morgan fingerprint density at radius 3 is 2.60 bits per heavy atom. The van der Waals surface area contributed by atoms with Crippen LogP contribution in [-0.2, 0) is 0 Å². The molecule has 0 atom stereocenters. The van der Waals surface area contributed by atoms with E-state index in [1.807, 2.05) is 6.92 Å². The summed E-state index contributed by atoms with van der Waals surface area (Å²) < 4.78 is 0. The minimum Gasteiger partial charge on any atom is -0.396 e. The van der Waals surface area contributed by atoms with Gasteiger partial charge >= 0.3 is 0 Å². The number of rotatable bonds is 5. The molecule has 1 fully saturated rings. The van der Waals surface area contributed by atoms with Gasteiger partial charge < -0.3 is 10.4 Å². The lowest BCUT2D eigenvalue weighted by Crippen LogP contribution is -2.39. The second kappa shape index (κ2) is 6.87. The van der Waals surface area contributed by atoms with Gasteiger partial charge in [-0.3, -0.25) is 0 Å². The summed E-state index contributed by atoms with van der Waals surface area (Å²) in [5.41, 5.74) is 0.165. The molecule has 0 aliphatic heterocycles. The monoisotopic (exact) mass is 209 g/mol. The zero-order valence-electron chi connectivity index (χ0n) is 9.81. The average Bonchev–Trinajstić information content (AvgIpc) is 2.30. The largest absolute Gasteiger partial charge is 0.396 e. The van der Waals surface area contributed by atoms with E-state index in [0.29, 0.717) is 6.61 Å². The van der Waals surface area contributed by atoms with Crippen molar-refractivity contribution >= 4 is 0 Å². The van der Waals surface area contributed by atoms with E-state index in [-0.39, 0.29) is 5.41 Å². The van der Waals surface area contributed by atoms with Crippen LogP contribution in [0.1, 0.15) is 45.4 Å². The molecular weight excluding hydrogens is 186 g/mol. The molecule has 2 nitrogen and oxygen atoms in total. The molecule has 1 saturated carbocycles. The van der Waals surface area contributed by atoms with Crippen molar-refractivity contribution in [2.24, 2.45) is 5.41 Å². The number of nitrogens with one attached hydrogen (secondary N) is 1. The van der Waals surface area contributed by atoms with Crippen LogP contribution < -0.4 is 5.32 Å². The van der Waals surface area contributed by atoms with Crippen LogP contribution in [0.2, 0.25) is 0 Å². The number of hydrogen-bond acceptors (Lipinski definition) is 2. The van der Waals surface area contributed by atoms with Crippen LogP contribution in [0.4, 0.5) is 0 Å². The summed E-state index contributed by atoms with van der Waals surface area (Å²) in [5, 5.41) is 12.9. The normalized spacial score (nSPS) is 19.3. The smallest absolute Gasteiger partial charge is 0.0499 e. The first-order valence-electron chi connectivity index (χ1n) is 6.04. The molecule has 0 saturated heterocycles. The highest BCUT2D eigenvalue weighted by atomic mass is 16.3. The van der Waals surface area contributed by atoms with E-state index in [4.69, 9.17) is 0 Å². The minimum atomic E-state index is 0.165. The van der Waals surface area contributed by atoms with Gasteiger partial charge in [-0.15, -0.1) is 11.8 Å². The quantitative estimate of drug-likeness (QED) is 0.535. The predicted molar refractivity (Wildman–Crippen MR) is 63.5 cm³/mol. The first-order valence-corrected chi connectivity index (χ1v) is 6.04. The topological polar surface area (TPSA) is 32.3 Å². The van der Waals surface area contributed by atoms with Crippen molar-refractivity contribution in [2.45, 2.75) is 45.4 Å². The molecule has 0 aromatic rings. The molecule has 1 rings (SSSR count). The first-order chi connectivity index (χ1) is 7.33. The van der Waals surface area contributed by atoms with Gasteiger partial charge in [-0.05, 0) is 19.8 Å². The Morgan fingerprint density at radius 2 is 2.00 bits per heavy atom. The van der Waals surface area contributed by atoms with Crippen molar-refractivity contribution in [1.82, 2.24) is 5.32 Å². The summed E-state index contributed by atoms with van der Waals surface area (Å²) in [5.74, 6) is 5.93. The SMILES string of the molecule is CC#CCCNCC1(CO)CCCCC1. The van der Waals surface area contributed by atoms with Gasteiger partial charge in [0, 0.05) is 31.5 Å². The highest BCUT2D eigenvalue weighted by Gasteiger charge is 2.30. The van der Waals surface area contributed by atoms with Gasteiger partial charge in [-0.25, -0.2) is 0 Å². The first kappa shape index (κ1) is 12.5. The van der Waals surface area contributed by atoms with Crippen molar-refractivity contribution in [3.63, 3.8) is 0 Å². The fraction of sp³-hybridized carbons (Fsp3) is 0.846. The Kier molecular flexibility index (Phi) is 5.75. The third-order valence-electron chi connectivity index (χ3n) is 3.35. The predicted octanol–water partition coefficient (Wildman–Crippen LogP) is 1.93. The third-order valence-corrected chi connectivity index (χ3v) is 3.35. The lowest BCUT2D eigenvalue weighted by Gasteiger charge is -2.35. The standard InChI is InChI=1S/C13H23NO/c1-2-3-7-10-14-11-13(12-15)8-5-4-6-9-13/h14-15H,4-12H2,1H3. The summed E-state index contributed by atoms with van der Waals surface area (Å²) >= 11 is 0. The Hall–Kier alpha value is -0.520. The maximum atomic E-state index is 9.48.